The number of Topliss-reactive ketones (excluding diaryl/α,β-unsaturated/α-hetero) is 1. The highest BCUT2D eigenvalue weighted by molar-refractivity contribution is 7.22. The summed E-state index contributed by atoms with van der Waals surface area (Å²) >= 11 is 1.31. The van der Waals surface area contributed by atoms with Crippen molar-refractivity contribution in [1.82, 2.24) is 4.98 Å². The van der Waals surface area contributed by atoms with E-state index in [9.17, 15) is 14.7 Å². The summed E-state index contributed by atoms with van der Waals surface area (Å²) in [4.78, 5) is 32.3. The first-order valence-corrected chi connectivity index (χ1v) is 11.1. The number of carbonyl (C=O) groups excluding carboxylic acids is 2. The van der Waals surface area contributed by atoms with Crippen molar-refractivity contribution in [2.75, 3.05) is 12.0 Å². The van der Waals surface area contributed by atoms with Gasteiger partial charge in [0.1, 0.15) is 23.3 Å². The van der Waals surface area contributed by atoms with E-state index >= 15 is 0 Å². The van der Waals surface area contributed by atoms with Gasteiger partial charge in [-0.1, -0.05) is 17.4 Å². The van der Waals surface area contributed by atoms with Gasteiger partial charge in [-0.3, -0.25) is 14.5 Å². The molecule has 5 rings (SSSR count). The van der Waals surface area contributed by atoms with E-state index in [-0.39, 0.29) is 11.3 Å². The van der Waals surface area contributed by atoms with Crippen molar-refractivity contribution in [3.63, 3.8) is 0 Å². The van der Waals surface area contributed by atoms with Crippen molar-refractivity contribution in [3.05, 3.63) is 82.8 Å². The number of carbonyl (C=O) groups is 2. The molecule has 1 aliphatic rings. The Kier molecular flexibility index (Phi) is 5.02. The van der Waals surface area contributed by atoms with Gasteiger partial charge in [0.05, 0.1) is 29.2 Å². The van der Waals surface area contributed by atoms with Crippen LogP contribution in [0.3, 0.4) is 0 Å². The molecule has 4 aromatic rings. The van der Waals surface area contributed by atoms with Crippen LogP contribution < -0.4 is 9.64 Å². The smallest absolute Gasteiger partial charge is 0.302 e. The van der Waals surface area contributed by atoms with Gasteiger partial charge >= 0.3 is 5.91 Å². The Morgan fingerprint density at radius 1 is 1.15 bits per heavy atom. The topological polar surface area (TPSA) is 92.9 Å². The molecule has 2 aromatic carbocycles. The number of benzene rings is 2. The van der Waals surface area contributed by atoms with Crippen LogP contribution in [0.1, 0.15) is 28.5 Å². The number of amides is 1. The van der Waals surface area contributed by atoms with Gasteiger partial charge in [-0.2, -0.15) is 0 Å². The van der Waals surface area contributed by atoms with Crippen LogP contribution in [-0.2, 0) is 9.59 Å². The first-order valence-electron chi connectivity index (χ1n) is 10.3. The quantitative estimate of drug-likeness (QED) is 0.257. The number of ketones is 1. The van der Waals surface area contributed by atoms with E-state index in [0.717, 1.165) is 21.3 Å². The Balaban J connectivity index is 1.70. The molecule has 166 valence electrons. The predicted octanol–water partition coefficient (Wildman–Crippen LogP) is 5.14. The van der Waals surface area contributed by atoms with Crippen molar-refractivity contribution >= 4 is 44.1 Å². The van der Waals surface area contributed by atoms with Crippen molar-refractivity contribution in [2.45, 2.75) is 19.9 Å². The number of hydrogen-bond acceptors (Lipinski definition) is 7. The number of fused-ring (bicyclic) bond motifs is 1. The van der Waals surface area contributed by atoms with Gasteiger partial charge in [-0.05, 0) is 67.4 Å². The molecule has 1 unspecified atom stereocenters. The summed E-state index contributed by atoms with van der Waals surface area (Å²) in [5.41, 5.74) is 2.94. The molecule has 7 nitrogen and oxygen atoms in total. The minimum Gasteiger partial charge on any atom is -0.507 e. The normalized spacial score (nSPS) is 17.8. The molecule has 1 amide bonds. The molecule has 8 heteroatoms. The average Bonchev–Trinajstić information content (AvgIpc) is 3.52. The lowest BCUT2D eigenvalue weighted by molar-refractivity contribution is -0.132. The molecule has 1 saturated heterocycles. The highest BCUT2D eigenvalue weighted by Gasteiger charge is 2.49. The third-order valence-corrected chi connectivity index (χ3v) is 6.68. The Morgan fingerprint density at radius 3 is 2.67 bits per heavy atom. The van der Waals surface area contributed by atoms with Gasteiger partial charge in [0.25, 0.3) is 5.78 Å². The number of aryl methyl sites for hydroxylation is 2. The number of aromatic nitrogens is 1. The lowest BCUT2D eigenvalue weighted by Gasteiger charge is -2.20. The zero-order valence-corrected chi connectivity index (χ0v) is 19.0. The van der Waals surface area contributed by atoms with Crippen LogP contribution in [0.15, 0.2) is 64.8 Å². The van der Waals surface area contributed by atoms with E-state index in [1.54, 1.807) is 37.4 Å². The molecule has 33 heavy (non-hydrogen) atoms. The van der Waals surface area contributed by atoms with E-state index < -0.39 is 17.7 Å². The zero-order chi connectivity index (χ0) is 23.3. The van der Waals surface area contributed by atoms with Crippen LogP contribution in [-0.4, -0.2) is 28.9 Å². The fourth-order valence-electron chi connectivity index (χ4n) is 4.05. The number of anilines is 1. The predicted molar refractivity (Wildman–Crippen MR) is 126 cm³/mol. The van der Waals surface area contributed by atoms with Crippen LogP contribution in [0, 0.1) is 13.8 Å². The van der Waals surface area contributed by atoms with Crippen LogP contribution in [0.2, 0.25) is 0 Å². The third-order valence-electron chi connectivity index (χ3n) is 5.66. The number of hydrogen-bond donors (Lipinski definition) is 1. The number of methoxy groups -OCH3 is 1. The Bertz CT molecular complexity index is 1430. The molecule has 0 radical (unpaired) electrons. The highest BCUT2D eigenvalue weighted by Crippen LogP contribution is 2.44. The van der Waals surface area contributed by atoms with Gasteiger partial charge in [0.2, 0.25) is 0 Å². The SMILES string of the molecule is COc1ccc(/C(O)=C2\C(=O)C(=O)N(c3nc4ccc(C)cc4s3)C2c2ccco2)cc1C. The second-order valence-electron chi connectivity index (χ2n) is 7.84. The minimum atomic E-state index is -0.941. The molecular weight excluding hydrogens is 440 g/mol. The molecule has 0 aliphatic carbocycles. The highest BCUT2D eigenvalue weighted by atomic mass is 32.1. The van der Waals surface area contributed by atoms with Gasteiger partial charge in [-0.25, -0.2) is 4.98 Å². The molecule has 1 N–H and O–H groups in total. The number of ether oxygens (including phenoxy) is 1. The number of nitrogens with zero attached hydrogens (tertiary/aromatic N) is 2. The lowest BCUT2D eigenvalue weighted by Crippen LogP contribution is -2.29. The van der Waals surface area contributed by atoms with Crippen LogP contribution in [0.5, 0.6) is 5.75 Å². The Labute approximate surface area is 193 Å². The maximum atomic E-state index is 13.2. The molecule has 3 heterocycles. The Hall–Kier alpha value is -3.91. The van der Waals surface area contributed by atoms with E-state index in [2.05, 4.69) is 4.98 Å². The summed E-state index contributed by atoms with van der Waals surface area (Å²) in [6, 6.07) is 13.3. The standard InChI is InChI=1S/C25H20N2O5S/c1-13-6-8-16-19(11-13)33-25(26-16)27-21(18-5-4-10-32-18)20(23(29)24(27)30)22(28)15-7-9-17(31-3)14(2)12-15/h4-12,21,28H,1-3H3/b22-20+. The van der Waals surface area contributed by atoms with Gasteiger partial charge in [0.15, 0.2) is 5.13 Å². The lowest BCUT2D eigenvalue weighted by atomic mass is 9.98. The molecule has 0 bridgehead atoms. The minimum absolute atomic E-state index is 0.0463. The molecule has 1 fully saturated rings. The second-order valence-corrected chi connectivity index (χ2v) is 8.85. The van der Waals surface area contributed by atoms with Crippen molar-refractivity contribution in [2.24, 2.45) is 0 Å². The molecule has 2 aromatic heterocycles. The maximum absolute atomic E-state index is 13.2. The summed E-state index contributed by atoms with van der Waals surface area (Å²) in [5, 5.41) is 11.6. The Morgan fingerprint density at radius 2 is 1.97 bits per heavy atom. The first kappa shape index (κ1) is 21.0. The molecule has 0 saturated carbocycles. The fraction of sp³-hybridized carbons (Fsp3) is 0.160. The third kappa shape index (κ3) is 3.39. The van der Waals surface area contributed by atoms with E-state index in [0.29, 0.717) is 22.2 Å². The van der Waals surface area contributed by atoms with Crippen LogP contribution >= 0.6 is 11.3 Å². The summed E-state index contributed by atoms with van der Waals surface area (Å²) in [6.45, 7) is 3.81. The van der Waals surface area contributed by atoms with E-state index in [1.165, 1.54) is 22.5 Å². The number of rotatable bonds is 4. The molecule has 1 aliphatic heterocycles. The summed E-state index contributed by atoms with van der Waals surface area (Å²) in [5.74, 6) is -0.826. The summed E-state index contributed by atoms with van der Waals surface area (Å²) in [6.07, 6.45) is 1.47. The maximum Gasteiger partial charge on any atom is 0.302 e. The van der Waals surface area contributed by atoms with E-state index in [1.807, 2.05) is 32.0 Å². The zero-order valence-electron chi connectivity index (χ0n) is 18.2. The van der Waals surface area contributed by atoms with Gasteiger partial charge in [0, 0.05) is 5.56 Å². The first-order chi connectivity index (χ1) is 15.9. The molecule has 0 spiro atoms. The van der Waals surface area contributed by atoms with Gasteiger partial charge in [-0.15, -0.1) is 0 Å². The summed E-state index contributed by atoms with van der Waals surface area (Å²) < 4.78 is 11.8. The average molecular weight is 461 g/mol. The second kappa shape index (κ2) is 7.90. The summed E-state index contributed by atoms with van der Waals surface area (Å²) in [7, 11) is 1.56. The van der Waals surface area contributed by atoms with Gasteiger partial charge < -0.3 is 14.3 Å². The van der Waals surface area contributed by atoms with Crippen LogP contribution in [0.25, 0.3) is 16.0 Å². The largest absolute Gasteiger partial charge is 0.507 e. The number of aliphatic hydroxyl groups is 1. The fourth-order valence-corrected chi connectivity index (χ4v) is 5.14. The van der Waals surface area contributed by atoms with Crippen molar-refractivity contribution in [3.8, 4) is 5.75 Å². The number of furan rings is 1. The van der Waals surface area contributed by atoms with Crippen molar-refractivity contribution in [1.29, 1.82) is 0 Å². The molecule has 1 atom stereocenters. The van der Waals surface area contributed by atoms with Crippen molar-refractivity contribution < 1.29 is 23.8 Å². The monoisotopic (exact) mass is 460 g/mol. The molecular formula is C25H20N2O5S. The number of thiazole rings is 1. The van der Waals surface area contributed by atoms with Crippen LogP contribution in [0.4, 0.5) is 5.13 Å². The van der Waals surface area contributed by atoms with E-state index in [4.69, 9.17) is 9.15 Å². The number of aliphatic hydroxyl groups excluding tert-OH is 1.